The maximum atomic E-state index is 9.63. The number of hydrogen-bond acceptors (Lipinski definition) is 4. The van der Waals surface area contributed by atoms with Crippen molar-refractivity contribution >= 4 is 0 Å². The van der Waals surface area contributed by atoms with E-state index in [1.165, 1.54) is 0 Å². The molecule has 0 saturated heterocycles. The van der Waals surface area contributed by atoms with Gasteiger partial charge in [0.15, 0.2) is 6.10 Å². The second kappa shape index (κ2) is 7.87. The summed E-state index contributed by atoms with van der Waals surface area (Å²) < 4.78 is 11.1. The summed E-state index contributed by atoms with van der Waals surface area (Å²) in [5.74, 6) is 0.922. The van der Waals surface area contributed by atoms with Crippen molar-refractivity contribution in [1.29, 1.82) is 5.26 Å². The Morgan fingerprint density at radius 3 is 2.55 bits per heavy atom. The Bertz CT molecular complexity index is 662. The molecular weight excluding hydrogens is 278 g/mol. The molecule has 0 aliphatic carbocycles. The molecule has 1 atom stereocenters. The minimum Gasteiger partial charge on any atom is -0.490 e. The number of aliphatic hydroxyl groups excluding tert-OH is 1. The number of hydrogen-bond donors (Lipinski definition) is 1. The Labute approximate surface area is 129 Å². The number of rotatable bonds is 7. The van der Waals surface area contributed by atoms with Crippen LogP contribution in [0.1, 0.15) is 17.2 Å². The van der Waals surface area contributed by atoms with E-state index in [1.807, 2.05) is 30.3 Å². The Balaban J connectivity index is 1.88. The van der Waals surface area contributed by atoms with Gasteiger partial charge < -0.3 is 14.6 Å². The maximum Gasteiger partial charge on any atom is 0.169 e. The van der Waals surface area contributed by atoms with E-state index < -0.39 is 6.10 Å². The van der Waals surface area contributed by atoms with Crippen LogP contribution >= 0.6 is 0 Å². The normalized spacial score (nSPS) is 11.3. The highest BCUT2D eigenvalue weighted by molar-refractivity contribution is 5.37. The molecule has 112 valence electrons. The highest BCUT2D eigenvalue weighted by Gasteiger charge is 2.12. The second-order valence-electron chi connectivity index (χ2n) is 4.67. The monoisotopic (exact) mass is 295 g/mol. The van der Waals surface area contributed by atoms with Gasteiger partial charge in [0.2, 0.25) is 0 Å². The quantitative estimate of drug-likeness (QED) is 0.628. The summed E-state index contributed by atoms with van der Waals surface area (Å²) in [7, 11) is 0. The molecule has 1 N–H and O–H groups in total. The van der Waals surface area contributed by atoms with E-state index in [1.54, 1.807) is 30.3 Å². The Morgan fingerprint density at radius 2 is 1.82 bits per heavy atom. The fourth-order valence-electron chi connectivity index (χ4n) is 1.87. The third-order valence-corrected chi connectivity index (χ3v) is 3.01. The summed E-state index contributed by atoms with van der Waals surface area (Å²) in [6, 6.07) is 18.4. The lowest BCUT2D eigenvalue weighted by atomic mass is 10.1. The molecule has 0 saturated carbocycles. The molecule has 0 heterocycles. The Hall–Kier alpha value is -2.77. The summed E-state index contributed by atoms with van der Waals surface area (Å²) in [5.41, 5.74) is 1.48. The van der Waals surface area contributed by atoms with Crippen molar-refractivity contribution in [3.63, 3.8) is 0 Å². The van der Waals surface area contributed by atoms with Crippen LogP contribution in [0.3, 0.4) is 0 Å². The average Bonchev–Trinajstić information content (AvgIpc) is 2.58. The summed E-state index contributed by atoms with van der Waals surface area (Å²) in [5, 5.41) is 18.4. The largest absolute Gasteiger partial charge is 0.490 e. The zero-order valence-electron chi connectivity index (χ0n) is 12.1. The highest BCUT2D eigenvalue weighted by Crippen LogP contribution is 2.24. The van der Waals surface area contributed by atoms with Crippen molar-refractivity contribution in [1.82, 2.24) is 0 Å². The van der Waals surface area contributed by atoms with Gasteiger partial charge in [-0.2, -0.15) is 5.26 Å². The van der Waals surface area contributed by atoms with Crippen LogP contribution in [-0.2, 0) is 11.3 Å². The van der Waals surface area contributed by atoms with Gasteiger partial charge in [-0.1, -0.05) is 55.1 Å². The van der Waals surface area contributed by atoms with E-state index in [4.69, 9.17) is 14.7 Å². The number of benzene rings is 2. The molecule has 0 spiro atoms. The first-order valence-corrected chi connectivity index (χ1v) is 6.84. The van der Waals surface area contributed by atoms with Crippen LogP contribution in [0.5, 0.6) is 5.75 Å². The van der Waals surface area contributed by atoms with Gasteiger partial charge in [0, 0.05) is 5.56 Å². The molecule has 4 nitrogen and oxygen atoms in total. The second-order valence-corrected chi connectivity index (χ2v) is 4.67. The first-order valence-electron chi connectivity index (χ1n) is 6.84. The van der Waals surface area contributed by atoms with Gasteiger partial charge in [0.25, 0.3) is 0 Å². The van der Waals surface area contributed by atoms with Crippen molar-refractivity contribution < 1.29 is 14.6 Å². The number of aliphatic hydroxyl groups is 1. The molecule has 0 fully saturated rings. The van der Waals surface area contributed by atoms with Gasteiger partial charge in [-0.3, -0.25) is 0 Å². The lowest BCUT2D eigenvalue weighted by Crippen LogP contribution is -2.06. The number of nitriles is 1. The molecule has 0 amide bonds. The van der Waals surface area contributed by atoms with Gasteiger partial charge in [0.05, 0.1) is 6.07 Å². The lowest BCUT2D eigenvalue weighted by molar-refractivity contribution is 0.157. The van der Waals surface area contributed by atoms with Crippen LogP contribution in [0.15, 0.2) is 66.9 Å². The molecule has 22 heavy (non-hydrogen) atoms. The summed E-state index contributed by atoms with van der Waals surface area (Å²) in [6.07, 6.45) is -1.21. The van der Waals surface area contributed by atoms with Crippen molar-refractivity contribution in [2.24, 2.45) is 0 Å². The Morgan fingerprint density at radius 1 is 1.14 bits per heavy atom. The fraction of sp³-hybridized carbons (Fsp3) is 0.167. The van der Waals surface area contributed by atoms with Gasteiger partial charge in [-0.05, 0) is 11.6 Å². The van der Waals surface area contributed by atoms with Crippen LogP contribution < -0.4 is 4.74 Å². The summed E-state index contributed by atoms with van der Waals surface area (Å²) in [6.45, 7) is 4.38. The molecule has 0 aliphatic rings. The van der Waals surface area contributed by atoms with Gasteiger partial charge in [-0.25, -0.2) is 0 Å². The Kier molecular flexibility index (Phi) is 5.58. The van der Waals surface area contributed by atoms with Crippen molar-refractivity contribution in [3.8, 4) is 11.8 Å². The standard InChI is InChI=1S/C18H17NO3/c1-14(21-13-15-7-3-2-4-8-15)12-22-18-10-6-5-9-16(18)17(20)11-19/h2-10,17,20H,1,12-13H2. The van der Waals surface area contributed by atoms with Crippen molar-refractivity contribution in [3.05, 3.63) is 78.1 Å². The number of ether oxygens (including phenoxy) is 2. The van der Waals surface area contributed by atoms with Crippen LogP contribution in [0.2, 0.25) is 0 Å². The number of para-hydroxylation sites is 1. The molecule has 2 rings (SSSR count). The first-order chi connectivity index (χ1) is 10.7. The first kappa shape index (κ1) is 15.6. The van der Waals surface area contributed by atoms with E-state index >= 15 is 0 Å². The van der Waals surface area contributed by atoms with E-state index in [0.717, 1.165) is 5.56 Å². The van der Waals surface area contributed by atoms with E-state index in [0.29, 0.717) is 23.7 Å². The van der Waals surface area contributed by atoms with E-state index in [9.17, 15) is 5.11 Å². The van der Waals surface area contributed by atoms with Gasteiger partial charge in [-0.15, -0.1) is 0 Å². The van der Waals surface area contributed by atoms with Crippen LogP contribution in [0.4, 0.5) is 0 Å². The summed E-state index contributed by atoms with van der Waals surface area (Å²) >= 11 is 0. The molecule has 0 radical (unpaired) electrons. The summed E-state index contributed by atoms with van der Waals surface area (Å²) in [4.78, 5) is 0. The minimum atomic E-state index is -1.21. The molecule has 0 bridgehead atoms. The molecule has 4 heteroatoms. The molecule has 0 aromatic heterocycles. The molecule has 1 unspecified atom stereocenters. The topological polar surface area (TPSA) is 62.5 Å². The maximum absolute atomic E-state index is 9.63. The third kappa shape index (κ3) is 4.37. The molecule has 2 aromatic carbocycles. The minimum absolute atomic E-state index is 0.155. The van der Waals surface area contributed by atoms with Crippen molar-refractivity contribution in [2.75, 3.05) is 6.61 Å². The molecule has 2 aromatic rings. The SMILES string of the molecule is C=C(COc1ccccc1C(O)C#N)OCc1ccccc1. The lowest BCUT2D eigenvalue weighted by Gasteiger charge is -2.14. The smallest absolute Gasteiger partial charge is 0.169 e. The van der Waals surface area contributed by atoms with E-state index in [2.05, 4.69) is 6.58 Å². The zero-order valence-corrected chi connectivity index (χ0v) is 12.1. The van der Waals surface area contributed by atoms with Gasteiger partial charge in [0.1, 0.15) is 24.7 Å². The van der Waals surface area contributed by atoms with Crippen LogP contribution in [0.25, 0.3) is 0 Å². The number of nitrogens with zero attached hydrogens (tertiary/aromatic N) is 1. The highest BCUT2D eigenvalue weighted by atomic mass is 16.5. The predicted molar refractivity (Wildman–Crippen MR) is 82.9 cm³/mol. The zero-order chi connectivity index (χ0) is 15.8. The van der Waals surface area contributed by atoms with E-state index in [-0.39, 0.29) is 6.61 Å². The molecule has 0 aliphatic heterocycles. The van der Waals surface area contributed by atoms with Gasteiger partial charge >= 0.3 is 0 Å². The molecular formula is C18H17NO3. The van der Waals surface area contributed by atoms with Crippen molar-refractivity contribution in [2.45, 2.75) is 12.7 Å². The van der Waals surface area contributed by atoms with Crippen LogP contribution in [-0.4, -0.2) is 11.7 Å². The predicted octanol–water partition coefficient (Wildman–Crippen LogP) is 3.35. The average molecular weight is 295 g/mol. The third-order valence-electron chi connectivity index (χ3n) is 3.01. The van der Waals surface area contributed by atoms with Crippen LogP contribution in [0, 0.1) is 11.3 Å². The fourth-order valence-corrected chi connectivity index (χ4v) is 1.87.